The number of amides is 1. The minimum Gasteiger partial charge on any atom is -0.408 e. The summed E-state index contributed by atoms with van der Waals surface area (Å²) in [5.74, 6) is -2.98. The van der Waals surface area contributed by atoms with Gasteiger partial charge in [0, 0.05) is 18.2 Å². The fourth-order valence-electron chi connectivity index (χ4n) is 3.46. The molecule has 0 aliphatic heterocycles. The van der Waals surface area contributed by atoms with Crippen LogP contribution in [0.15, 0.2) is 58.0 Å². The molecule has 0 saturated heterocycles. The van der Waals surface area contributed by atoms with Crippen LogP contribution >= 0.6 is 0 Å². The maximum Gasteiger partial charge on any atom is 0.419 e. The topological polar surface area (TPSA) is 77.1 Å². The monoisotopic (exact) mass is 409 g/mol. The molecule has 1 amide bonds. The van der Waals surface area contributed by atoms with E-state index in [-0.39, 0.29) is 22.4 Å². The number of fused-ring (bicyclic) bond motifs is 1. The predicted molar refractivity (Wildman–Crippen MR) is 108 cm³/mol. The Bertz CT molecular complexity index is 1310. The van der Waals surface area contributed by atoms with Crippen LogP contribution in [0.1, 0.15) is 22.8 Å². The van der Waals surface area contributed by atoms with Gasteiger partial charge in [0.1, 0.15) is 0 Å². The molecule has 8 heteroatoms. The summed E-state index contributed by atoms with van der Waals surface area (Å²) in [4.78, 5) is 28.5. The number of rotatable bonds is 4. The van der Waals surface area contributed by atoms with Crippen molar-refractivity contribution in [3.8, 4) is 11.1 Å². The lowest BCUT2D eigenvalue weighted by Crippen LogP contribution is -2.16. The van der Waals surface area contributed by atoms with Crippen LogP contribution < -0.4 is 11.1 Å². The summed E-state index contributed by atoms with van der Waals surface area (Å²) >= 11 is 0. The van der Waals surface area contributed by atoms with E-state index in [1.165, 1.54) is 7.05 Å². The molecule has 30 heavy (non-hydrogen) atoms. The molecule has 0 aliphatic rings. The van der Waals surface area contributed by atoms with Crippen LogP contribution in [0.5, 0.6) is 0 Å². The summed E-state index contributed by atoms with van der Waals surface area (Å²) in [7, 11) is 1.43. The van der Waals surface area contributed by atoms with Crippen LogP contribution in [0.2, 0.25) is 0 Å². The van der Waals surface area contributed by atoms with Crippen molar-refractivity contribution in [2.75, 3.05) is 5.32 Å². The molecule has 1 N–H and O–H groups in total. The highest BCUT2D eigenvalue weighted by molar-refractivity contribution is 6.10. The maximum absolute atomic E-state index is 14.7. The number of benzene rings is 2. The zero-order valence-corrected chi connectivity index (χ0v) is 16.2. The van der Waals surface area contributed by atoms with E-state index in [1.54, 1.807) is 36.4 Å². The average Bonchev–Trinajstić information content (AvgIpc) is 3.02. The van der Waals surface area contributed by atoms with Crippen LogP contribution in [-0.2, 0) is 13.5 Å². The summed E-state index contributed by atoms with van der Waals surface area (Å²) < 4.78 is 35.9. The van der Waals surface area contributed by atoms with Gasteiger partial charge in [-0.05, 0) is 30.2 Å². The highest BCUT2D eigenvalue weighted by atomic mass is 19.1. The van der Waals surface area contributed by atoms with Crippen LogP contribution in [-0.4, -0.2) is 15.5 Å². The van der Waals surface area contributed by atoms with Crippen molar-refractivity contribution in [1.82, 2.24) is 9.55 Å². The second kappa shape index (κ2) is 7.55. The van der Waals surface area contributed by atoms with E-state index in [0.717, 1.165) is 17.0 Å². The van der Waals surface area contributed by atoms with Gasteiger partial charge in [-0.25, -0.2) is 13.6 Å². The molecule has 0 atom stereocenters. The number of anilines is 1. The number of oxazole rings is 1. The average molecular weight is 409 g/mol. The third-order valence-corrected chi connectivity index (χ3v) is 4.91. The van der Waals surface area contributed by atoms with E-state index in [0.29, 0.717) is 17.5 Å². The molecule has 4 rings (SSSR count). The lowest BCUT2D eigenvalue weighted by molar-refractivity contribution is 0.102. The van der Waals surface area contributed by atoms with Crippen LogP contribution in [0, 0.1) is 11.6 Å². The normalized spacial score (nSPS) is 11.1. The molecule has 2 aromatic heterocycles. The Kier molecular flexibility index (Phi) is 4.91. The molecule has 0 spiro atoms. The van der Waals surface area contributed by atoms with Gasteiger partial charge in [0.05, 0.1) is 29.2 Å². The Labute approximate surface area is 169 Å². The van der Waals surface area contributed by atoms with Crippen molar-refractivity contribution in [2.24, 2.45) is 7.05 Å². The molecule has 0 bridgehead atoms. The van der Waals surface area contributed by atoms with Gasteiger partial charge in [-0.15, -0.1) is 0 Å². The molecule has 0 radical (unpaired) electrons. The molecule has 6 nitrogen and oxygen atoms in total. The van der Waals surface area contributed by atoms with Crippen molar-refractivity contribution in [3.05, 3.63) is 82.1 Å². The first kappa shape index (κ1) is 19.5. The molecule has 2 heterocycles. The number of carbonyl (C=O) groups excluding carboxylic acids is 1. The van der Waals surface area contributed by atoms with Gasteiger partial charge in [-0.2, -0.15) is 0 Å². The Morgan fingerprint density at radius 3 is 2.43 bits per heavy atom. The minimum atomic E-state index is -0.923. The predicted octanol–water partition coefficient (Wildman–Crippen LogP) is 4.29. The van der Waals surface area contributed by atoms with Crippen molar-refractivity contribution in [2.45, 2.75) is 13.3 Å². The first-order chi connectivity index (χ1) is 14.4. The summed E-state index contributed by atoms with van der Waals surface area (Å²) in [6.45, 7) is 1.82. The molecular formula is C22H17F2N3O3. The van der Waals surface area contributed by atoms with E-state index in [9.17, 15) is 18.4 Å². The fraction of sp³-hybridized carbons (Fsp3) is 0.136. The molecule has 0 saturated carbocycles. The molecule has 4 aromatic rings. The number of aromatic nitrogens is 2. The van der Waals surface area contributed by atoms with Crippen LogP contribution in [0.4, 0.5) is 14.5 Å². The third-order valence-electron chi connectivity index (χ3n) is 4.91. The van der Waals surface area contributed by atoms with E-state index >= 15 is 0 Å². The minimum absolute atomic E-state index is 0.0272. The Hall–Kier alpha value is -3.81. The smallest absolute Gasteiger partial charge is 0.408 e. The van der Waals surface area contributed by atoms with Gasteiger partial charge < -0.3 is 9.73 Å². The Morgan fingerprint density at radius 2 is 1.80 bits per heavy atom. The van der Waals surface area contributed by atoms with Crippen LogP contribution in [0.3, 0.4) is 0 Å². The number of nitrogens with one attached hydrogen (secondary N) is 1. The molecular weight excluding hydrogens is 392 g/mol. The number of hydrogen-bond acceptors (Lipinski definition) is 4. The molecule has 152 valence electrons. The highest BCUT2D eigenvalue weighted by Gasteiger charge is 2.26. The van der Waals surface area contributed by atoms with Crippen molar-refractivity contribution >= 4 is 22.7 Å². The SMILES string of the molecule is CCc1cc2oc(=O)n(C)c2c(-c2c(F)cncc2F)c1NC(=O)c1ccccc1. The largest absolute Gasteiger partial charge is 0.419 e. The summed E-state index contributed by atoms with van der Waals surface area (Å²) in [6.07, 6.45) is 2.17. The Morgan fingerprint density at radius 1 is 1.13 bits per heavy atom. The fourth-order valence-corrected chi connectivity index (χ4v) is 3.46. The second-order valence-corrected chi connectivity index (χ2v) is 6.71. The van der Waals surface area contributed by atoms with Crippen molar-refractivity contribution < 1.29 is 18.0 Å². The first-order valence-corrected chi connectivity index (χ1v) is 9.23. The van der Waals surface area contributed by atoms with Crippen molar-refractivity contribution in [1.29, 1.82) is 0 Å². The second-order valence-electron chi connectivity index (χ2n) is 6.71. The molecule has 0 unspecified atom stereocenters. The van der Waals surface area contributed by atoms with E-state index in [1.807, 2.05) is 6.92 Å². The van der Waals surface area contributed by atoms with Gasteiger partial charge in [-0.3, -0.25) is 14.3 Å². The van der Waals surface area contributed by atoms with Gasteiger partial charge in [0.25, 0.3) is 5.91 Å². The third kappa shape index (κ3) is 3.16. The number of carbonyl (C=O) groups is 1. The maximum atomic E-state index is 14.7. The molecule has 0 fully saturated rings. The van der Waals surface area contributed by atoms with Crippen LogP contribution in [0.25, 0.3) is 22.2 Å². The van der Waals surface area contributed by atoms with E-state index in [4.69, 9.17) is 4.42 Å². The number of nitrogens with zero attached hydrogens (tertiary/aromatic N) is 2. The van der Waals surface area contributed by atoms with Gasteiger partial charge >= 0.3 is 5.76 Å². The number of aryl methyl sites for hydroxylation is 2. The standard InChI is InChI=1S/C22H17F2N3O3/c1-3-12-9-16-20(27(2)22(29)30-16)18(17-14(23)10-25-11-15(17)24)19(12)26-21(28)13-7-5-4-6-8-13/h4-11H,3H2,1-2H3,(H,26,28). The number of halogens is 2. The van der Waals surface area contributed by atoms with Gasteiger partial charge in [0.15, 0.2) is 17.2 Å². The molecule has 0 aliphatic carbocycles. The summed E-state index contributed by atoms with van der Waals surface area (Å²) in [6, 6.07) is 10.0. The zero-order valence-electron chi connectivity index (χ0n) is 16.2. The number of pyridine rings is 1. The van der Waals surface area contributed by atoms with E-state index in [2.05, 4.69) is 10.3 Å². The van der Waals surface area contributed by atoms with Crippen molar-refractivity contribution in [3.63, 3.8) is 0 Å². The Balaban J connectivity index is 2.07. The van der Waals surface area contributed by atoms with E-state index < -0.39 is 28.9 Å². The lowest BCUT2D eigenvalue weighted by atomic mass is 9.96. The lowest BCUT2D eigenvalue weighted by Gasteiger charge is -2.18. The molecule has 2 aromatic carbocycles. The van der Waals surface area contributed by atoms with Gasteiger partial charge in [0.2, 0.25) is 0 Å². The quantitative estimate of drug-likeness (QED) is 0.546. The van der Waals surface area contributed by atoms with Gasteiger partial charge in [-0.1, -0.05) is 25.1 Å². The highest BCUT2D eigenvalue weighted by Crippen LogP contribution is 2.40. The summed E-state index contributed by atoms with van der Waals surface area (Å²) in [5.41, 5.74) is 1.12. The first-order valence-electron chi connectivity index (χ1n) is 9.23. The summed E-state index contributed by atoms with van der Waals surface area (Å²) in [5, 5.41) is 2.78. The number of hydrogen-bond donors (Lipinski definition) is 1. The zero-order chi connectivity index (χ0) is 21.4.